The van der Waals surface area contributed by atoms with Crippen LogP contribution in [0.2, 0.25) is 20.1 Å². The molecule has 5 aliphatic carbocycles. The summed E-state index contributed by atoms with van der Waals surface area (Å²) in [6, 6.07) is 65.4. The number of nitrogens with zero attached hydrogens (tertiary/aromatic N) is 16. The van der Waals surface area contributed by atoms with E-state index < -0.39 is 39.5 Å². The number of fused-ring (bicyclic) bond motifs is 2. The maximum absolute atomic E-state index is 12.6. The number of piperazine rings is 4. The summed E-state index contributed by atoms with van der Waals surface area (Å²) in [5, 5.41) is 15.6. The lowest BCUT2D eigenvalue weighted by Gasteiger charge is -2.34. The van der Waals surface area contributed by atoms with Crippen LogP contribution in [0.4, 0.5) is 69.3 Å². The first kappa shape index (κ1) is 105. The lowest BCUT2D eigenvalue weighted by atomic mass is 10.0. The molecule has 0 spiro atoms. The average Bonchev–Trinajstić information content (AvgIpc) is 1.46. The molecule has 776 valence electrons. The van der Waals surface area contributed by atoms with Crippen molar-refractivity contribution in [2.45, 2.75) is 147 Å². The Morgan fingerprint density at radius 2 is 0.689 bits per heavy atom. The molecular formula is C111H127Cl4N21O8S4. The molecule has 4 aliphatic heterocycles. The van der Waals surface area contributed by atoms with Gasteiger partial charge in [0.25, 0.3) is 0 Å². The quantitative estimate of drug-likeness (QED) is 0.0261. The zero-order chi connectivity index (χ0) is 103. The maximum Gasteiger partial charge on any atom is 0.240 e. The number of aryl methyl sites for hydroxylation is 2. The summed E-state index contributed by atoms with van der Waals surface area (Å²) in [6.45, 7) is 18.8. The second kappa shape index (κ2) is 46.7. The van der Waals surface area contributed by atoms with Gasteiger partial charge < -0.3 is 60.5 Å². The minimum atomic E-state index is -3.52. The Bertz CT molecular complexity index is 7400. The predicted molar refractivity (Wildman–Crippen MR) is 597 cm³/mol. The summed E-state index contributed by atoms with van der Waals surface area (Å²) in [4.78, 5) is 56.8. The SMILES string of the molecule is CN1CCN(c2ccc(Nc3nc(Cc4ccc(Cl)c(CS(=O)(=O)C5CC5)c4)c4ccccc4n3)cc2)CC1.CN1CCN(c2ccc(Nc3nc4c(c(Cc5ccc(Cl)c(CS(=O)(=O)C6CC6)c5)n3)CCC4)cc2)CC1.CN1CCN(c2ccc(Nc3ncc(Cl)c(Cc4cccc(S(=O)(=O)NC5CC5)c4)n3)cc2)CC1.Cc1cnc(Nc2ccc(N3CCN(C)CC3)cc2)nc1Cc1ccc(Cl)c(CS(=O)(=O)C2CC2)c1. The van der Waals surface area contributed by atoms with Gasteiger partial charge >= 0.3 is 0 Å². The first-order valence-corrected chi connectivity index (χ1v) is 59.2. The Morgan fingerprint density at radius 3 is 1.11 bits per heavy atom. The van der Waals surface area contributed by atoms with Gasteiger partial charge in [-0.15, -0.1) is 0 Å². The summed E-state index contributed by atoms with van der Waals surface area (Å²) in [5.74, 6) is 2.09. The van der Waals surface area contributed by atoms with Crippen LogP contribution in [0, 0.1) is 6.92 Å². The maximum atomic E-state index is 12.6. The van der Waals surface area contributed by atoms with Crippen molar-refractivity contribution in [2.24, 2.45) is 0 Å². The number of para-hydroxylation sites is 1. The van der Waals surface area contributed by atoms with Crippen molar-refractivity contribution in [3.05, 3.63) is 311 Å². The van der Waals surface area contributed by atoms with Gasteiger partial charge in [0, 0.05) is 214 Å². The topological polar surface area (TPSA) is 326 Å². The Balaban J connectivity index is 0.000000124. The Kier molecular flexibility index (Phi) is 33.2. The number of hydrogen-bond acceptors (Lipinski definition) is 28. The van der Waals surface area contributed by atoms with Crippen LogP contribution in [0.15, 0.2) is 217 Å². The zero-order valence-electron chi connectivity index (χ0n) is 84.1. The first-order chi connectivity index (χ1) is 71.3. The van der Waals surface area contributed by atoms with E-state index in [-0.39, 0.29) is 43.9 Å². The number of likely N-dealkylation sites (N-methyl/N-ethyl adjacent to an activating group) is 4. The van der Waals surface area contributed by atoms with Crippen molar-refractivity contribution in [1.82, 2.24) is 64.2 Å². The van der Waals surface area contributed by atoms with E-state index >= 15 is 0 Å². The van der Waals surface area contributed by atoms with E-state index in [9.17, 15) is 33.7 Å². The fourth-order valence-electron chi connectivity index (χ4n) is 19.1. The molecule has 9 aliphatic rings. The third kappa shape index (κ3) is 28.1. The highest BCUT2D eigenvalue weighted by molar-refractivity contribution is 7.92. The molecule has 0 bridgehead atoms. The minimum Gasteiger partial charge on any atom is -0.369 e. The van der Waals surface area contributed by atoms with E-state index in [0.29, 0.717) is 92.0 Å². The van der Waals surface area contributed by atoms with Crippen LogP contribution in [-0.4, -0.2) is 248 Å². The Morgan fingerprint density at radius 1 is 0.331 bits per heavy atom. The molecule has 0 radical (unpaired) electrons. The summed E-state index contributed by atoms with van der Waals surface area (Å²) in [7, 11) is -4.33. The molecule has 22 rings (SSSR count). The third-order valence-corrected chi connectivity index (χ3v) is 38.2. The number of anilines is 12. The molecular weight excluding hydrogens is 2030 g/mol. The van der Waals surface area contributed by atoms with Gasteiger partial charge in [-0.3, -0.25) is 0 Å². The molecule has 0 amide bonds. The largest absolute Gasteiger partial charge is 0.369 e. The van der Waals surface area contributed by atoms with E-state index in [0.717, 1.165) is 260 Å². The Labute approximate surface area is 889 Å². The minimum absolute atomic E-state index is 0.00313. The van der Waals surface area contributed by atoms with Gasteiger partial charge in [-0.1, -0.05) is 113 Å². The van der Waals surface area contributed by atoms with Crippen molar-refractivity contribution >= 4 is 166 Å². The van der Waals surface area contributed by atoms with Crippen LogP contribution >= 0.6 is 46.4 Å². The molecule has 4 saturated carbocycles. The second-order valence-electron chi connectivity index (χ2n) is 40.5. The molecule has 0 unspecified atom stereocenters. The standard InChI is InChI=1S/C30H32ClN5O2S.C29H34ClN5O2S.C27H32ClN5O2S.C25H29ClN6O2S/c1-35-14-16-36(17-15-35)24-9-7-23(8-10-24)32-30-33-28-5-3-2-4-26(28)29(34-30)19-21-6-13-27(31)22(18-21)20-39(37,38)25-11-12-25;1-34-13-15-35(16-14-34)23-8-6-22(7-9-23)31-29-32-27-4-2-3-25(27)28(33-29)18-20-5-12-26(30)21(17-20)19-38(36,37)24-10-11-24;1-19-17-29-27(30-22-4-6-23(7-5-22)33-13-11-32(2)12-14-33)31-26(19)16-20-3-10-25(28)21(15-20)18-36(34,35)24-8-9-24;1-31-11-13-32(14-12-31)21-9-7-19(8-10-21)28-25-27-17-23(26)24(29-25)16-18-3-2-4-22(15-18)35(33,34)30-20-5-6-20/h2-10,13,18,25H,11-12,14-17,19-20H2,1H3,(H,32,33,34);5-9,12,17,24H,2-4,10-11,13-16,18-19H2,1H3,(H,31,32,33);3-7,10,15,17,24H,8-9,11-14,16,18H2,1-2H3,(H,29,30,31);2-4,7-10,15,17,20,30H,5-6,11-14,16H2,1H3,(H,27,28,29). The highest BCUT2D eigenvalue weighted by atomic mass is 35.5. The molecule has 148 heavy (non-hydrogen) atoms. The molecule has 13 aromatic rings. The fourth-order valence-corrected chi connectivity index (χ4v) is 26.7. The van der Waals surface area contributed by atoms with E-state index in [1.54, 1.807) is 36.5 Å². The number of benzene rings is 9. The van der Waals surface area contributed by atoms with Crippen molar-refractivity contribution in [3.63, 3.8) is 0 Å². The molecule has 4 saturated heterocycles. The second-order valence-corrected chi connectivity index (χ2v) is 50.7. The number of aromatic nitrogens is 8. The number of sulfonamides is 1. The third-order valence-electron chi connectivity index (χ3n) is 28.7. The van der Waals surface area contributed by atoms with E-state index in [2.05, 4.69) is 193 Å². The van der Waals surface area contributed by atoms with Crippen LogP contribution < -0.4 is 45.6 Å². The molecule has 8 fully saturated rings. The fraction of sp³-hybridized carbons (Fsp3) is 0.387. The summed E-state index contributed by atoms with van der Waals surface area (Å²) in [5.41, 5.74) is 21.9. The van der Waals surface area contributed by atoms with Crippen LogP contribution in [0.5, 0.6) is 0 Å². The average molecular weight is 2150 g/mol. The molecule has 29 nitrogen and oxygen atoms in total. The smallest absolute Gasteiger partial charge is 0.240 e. The monoisotopic (exact) mass is 2150 g/mol. The molecule has 4 aromatic heterocycles. The van der Waals surface area contributed by atoms with Crippen LogP contribution in [-0.2, 0) is 95.3 Å². The van der Waals surface area contributed by atoms with Gasteiger partial charge in [0.05, 0.1) is 77.4 Å². The molecule has 9 aromatic carbocycles. The van der Waals surface area contributed by atoms with Gasteiger partial charge in [-0.05, 0) is 289 Å². The van der Waals surface area contributed by atoms with Gasteiger partial charge in [-0.2, -0.15) is 0 Å². The van der Waals surface area contributed by atoms with Crippen molar-refractivity contribution in [1.29, 1.82) is 0 Å². The van der Waals surface area contributed by atoms with Gasteiger partial charge in [-0.25, -0.2) is 78.3 Å². The van der Waals surface area contributed by atoms with Gasteiger partial charge in [0.2, 0.25) is 33.8 Å². The summed E-state index contributed by atoms with van der Waals surface area (Å²) in [6.07, 6.45) is 14.8. The summed E-state index contributed by atoms with van der Waals surface area (Å²) >= 11 is 25.5. The molecule has 0 atom stereocenters. The Hall–Kier alpha value is -11.3. The van der Waals surface area contributed by atoms with Gasteiger partial charge in [0.15, 0.2) is 29.5 Å². The number of halogens is 4. The highest BCUT2D eigenvalue weighted by Gasteiger charge is 2.39. The van der Waals surface area contributed by atoms with E-state index in [1.807, 2.05) is 98.0 Å². The number of sulfone groups is 3. The lowest BCUT2D eigenvalue weighted by molar-refractivity contribution is 0.313. The van der Waals surface area contributed by atoms with Crippen molar-refractivity contribution in [2.75, 3.05) is 174 Å². The zero-order valence-corrected chi connectivity index (χ0v) is 90.4. The number of hydrogen-bond donors (Lipinski definition) is 5. The van der Waals surface area contributed by atoms with Crippen LogP contribution in [0.3, 0.4) is 0 Å². The number of nitrogens with one attached hydrogen (secondary N) is 5. The highest BCUT2D eigenvalue weighted by Crippen LogP contribution is 2.40. The van der Waals surface area contributed by atoms with Crippen LogP contribution in [0.25, 0.3) is 10.9 Å². The van der Waals surface area contributed by atoms with E-state index in [4.69, 9.17) is 71.3 Å². The predicted octanol–water partition coefficient (Wildman–Crippen LogP) is 18.5. The molecule has 37 heteroatoms. The van der Waals surface area contributed by atoms with Crippen molar-refractivity contribution in [3.8, 4) is 0 Å². The van der Waals surface area contributed by atoms with Gasteiger partial charge in [0.1, 0.15) is 0 Å². The first-order valence-electron chi connectivity index (χ1n) is 51.1. The normalized spacial score (nSPS) is 17.1. The number of rotatable bonds is 32. The molecule has 5 N–H and O–H groups in total. The van der Waals surface area contributed by atoms with E-state index in [1.165, 1.54) is 28.3 Å². The molecule has 8 heterocycles. The van der Waals surface area contributed by atoms with Crippen LogP contribution in [0.1, 0.15) is 136 Å². The van der Waals surface area contributed by atoms with Crippen molar-refractivity contribution < 1.29 is 33.7 Å². The lowest BCUT2D eigenvalue weighted by Crippen LogP contribution is -2.44. The summed E-state index contributed by atoms with van der Waals surface area (Å²) < 4.78 is 103.